The number of rotatable bonds is 14. The fraction of sp³-hybridized carbons (Fsp3) is 0.583. The van der Waals surface area contributed by atoms with E-state index >= 15 is 0 Å². The van der Waals surface area contributed by atoms with Crippen LogP contribution in [-0.4, -0.2) is 41.8 Å². The van der Waals surface area contributed by atoms with Crippen LogP contribution in [0.4, 0.5) is 0 Å². The molecule has 0 aliphatic heterocycles. The highest BCUT2D eigenvalue weighted by atomic mass is 16.5. The van der Waals surface area contributed by atoms with E-state index in [2.05, 4.69) is 10.6 Å². The van der Waals surface area contributed by atoms with E-state index < -0.39 is 41.8 Å². The van der Waals surface area contributed by atoms with Gasteiger partial charge in [-0.2, -0.15) is 0 Å². The van der Waals surface area contributed by atoms with Gasteiger partial charge in [0.2, 0.25) is 17.7 Å². The van der Waals surface area contributed by atoms with E-state index in [4.69, 9.17) is 16.2 Å². The van der Waals surface area contributed by atoms with Gasteiger partial charge in [0.25, 0.3) is 0 Å². The van der Waals surface area contributed by atoms with Crippen molar-refractivity contribution in [1.82, 2.24) is 10.6 Å². The Hall–Kier alpha value is -2.94. The normalized spacial score (nSPS) is 14.6. The van der Waals surface area contributed by atoms with Crippen molar-refractivity contribution in [1.29, 1.82) is 0 Å². The minimum absolute atomic E-state index is 0.0112. The summed E-state index contributed by atoms with van der Waals surface area (Å²) in [6.45, 7) is 7.73. The van der Waals surface area contributed by atoms with Crippen LogP contribution in [0.5, 0.6) is 0 Å². The molecular weight excluding hydrogens is 424 g/mol. The van der Waals surface area contributed by atoms with Gasteiger partial charge in [0.15, 0.2) is 0 Å². The number of ether oxygens (including phenoxy) is 1. The second-order valence-corrected chi connectivity index (χ2v) is 8.76. The first kappa shape index (κ1) is 28.1. The summed E-state index contributed by atoms with van der Waals surface area (Å²) in [5.74, 6) is -2.23. The number of nitrogens with one attached hydrogen (secondary N) is 2. The molecular formula is C24H38N4O5. The maximum absolute atomic E-state index is 12.9. The molecule has 9 nitrogen and oxygen atoms in total. The second kappa shape index (κ2) is 14.3. The van der Waals surface area contributed by atoms with Crippen molar-refractivity contribution < 1.29 is 23.9 Å². The highest BCUT2D eigenvalue weighted by Gasteiger charge is 2.30. The molecule has 0 radical (unpaired) electrons. The molecule has 33 heavy (non-hydrogen) atoms. The lowest BCUT2D eigenvalue weighted by Crippen LogP contribution is -2.57. The molecule has 1 rings (SSSR count). The van der Waals surface area contributed by atoms with Gasteiger partial charge < -0.3 is 26.8 Å². The van der Waals surface area contributed by atoms with Gasteiger partial charge in [-0.15, -0.1) is 0 Å². The summed E-state index contributed by atoms with van der Waals surface area (Å²) in [7, 11) is 0. The summed E-state index contributed by atoms with van der Waals surface area (Å²) in [6.07, 6.45) is 0.990. The summed E-state index contributed by atoms with van der Waals surface area (Å²) < 4.78 is 5.20. The zero-order valence-electron chi connectivity index (χ0n) is 20.0. The molecule has 0 bridgehead atoms. The molecule has 9 heteroatoms. The van der Waals surface area contributed by atoms with Crippen LogP contribution in [-0.2, 0) is 30.5 Å². The van der Waals surface area contributed by atoms with Gasteiger partial charge in [-0.25, -0.2) is 0 Å². The summed E-state index contributed by atoms with van der Waals surface area (Å²) >= 11 is 0. The van der Waals surface area contributed by atoms with E-state index in [0.29, 0.717) is 12.8 Å². The zero-order chi connectivity index (χ0) is 25.0. The Balaban J connectivity index is 2.69. The summed E-state index contributed by atoms with van der Waals surface area (Å²) in [5, 5.41) is 5.27. The predicted molar refractivity (Wildman–Crippen MR) is 125 cm³/mol. The fourth-order valence-corrected chi connectivity index (χ4v) is 3.20. The third-order valence-corrected chi connectivity index (χ3v) is 5.40. The number of amides is 3. The summed E-state index contributed by atoms with van der Waals surface area (Å²) in [5.41, 5.74) is 12.2. The number of nitrogens with two attached hydrogens (primary N) is 2. The Kier molecular flexibility index (Phi) is 12.1. The quantitative estimate of drug-likeness (QED) is 0.306. The smallest absolute Gasteiger partial charge is 0.306 e. The Morgan fingerprint density at radius 1 is 1.00 bits per heavy atom. The van der Waals surface area contributed by atoms with Crippen LogP contribution in [0.25, 0.3) is 0 Å². The molecule has 184 valence electrons. The van der Waals surface area contributed by atoms with Crippen LogP contribution in [0.15, 0.2) is 30.3 Å². The van der Waals surface area contributed by atoms with Crippen molar-refractivity contribution in [3.05, 3.63) is 35.9 Å². The van der Waals surface area contributed by atoms with Crippen LogP contribution >= 0.6 is 0 Å². The minimum Gasteiger partial charge on any atom is -0.461 e. The zero-order valence-corrected chi connectivity index (χ0v) is 20.0. The van der Waals surface area contributed by atoms with Crippen molar-refractivity contribution in [3.63, 3.8) is 0 Å². The molecule has 0 heterocycles. The highest BCUT2D eigenvalue weighted by Crippen LogP contribution is 2.11. The van der Waals surface area contributed by atoms with E-state index in [1.54, 1.807) is 0 Å². The molecule has 3 amide bonds. The minimum atomic E-state index is -1.07. The number of hydrogen-bond donors (Lipinski definition) is 4. The Morgan fingerprint density at radius 3 is 2.18 bits per heavy atom. The third-order valence-electron chi connectivity index (χ3n) is 5.40. The molecule has 0 saturated carbocycles. The first-order valence-corrected chi connectivity index (χ1v) is 11.4. The van der Waals surface area contributed by atoms with Gasteiger partial charge in [-0.1, -0.05) is 64.4 Å². The predicted octanol–water partition coefficient (Wildman–Crippen LogP) is 1.38. The number of primary amides is 1. The molecule has 0 aromatic heterocycles. The lowest BCUT2D eigenvalue weighted by molar-refractivity contribution is -0.145. The highest BCUT2D eigenvalue weighted by molar-refractivity contribution is 5.93. The van der Waals surface area contributed by atoms with E-state index in [1.807, 2.05) is 58.0 Å². The van der Waals surface area contributed by atoms with Gasteiger partial charge >= 0.3 is 5.97 Å². The van der Waals surface area contributed by atoms with Crippen molar-refractivity contribution in [2.24, 2.45) is 23.3 Å². The number of carbonyl (C=O) groups excluding carboxylic acids is 4. The Bertz CT molecular complexity index is 784. The molecule has 1 aromatic rings. The summed E-state index contributed by atoms with van der Waals surface area (Å²) in [4.78, 5) is 49.3. The van der Waals surface area contributed by atoms with Crippen molar-refractivity contribution in [2.75, 3.05) is 0 Å². The van der Waals surface area contributed by atoms with Gasteiger partial charge in [0.1, 0.15) is 18.7 Å². The van der Waals surface area contributed by atoms with Crippen molar-refractivity contribution in [2.45, 2.75) is 78.1 Å². The van der Waals surface area contributed by atoms with Gasteiger partial charge in [-0.05, 0) is 30.2 Å². The van der Waals surface area contributed by atoms with Gasteiger partial charge in [-0.3, -0.25) is 19.2 Å². The topological polar surface area (TPSA) is 154 Å². The molecule has 0 fully saturated rings. The van der Waals surface area contributed by atoms with E-state index in [-0.39, 0.29) is 31.3 Å². The maximum Gasteiger partial charge on any atom is 0.306 e. The van der Waals surface area contributed by atoms with E-state index in [0.717, 1.165) is 5.56 Å². The van der Waals surface area contributed by atoms with Crippen LogP contribution < -0.4 is 22.1 Å². The monoisotopic (exact) mass is 462 g/mol. The average Bonchev–Trinajstić information content (AvgIpc) is 2.77. The number of benzene rings is 1. The van der Waals surface area contributed by atoms with Crippen molar-refractivity contribution >= 4 is 23.7 Å². The first-order chi connectivity index (χ1) is 15.5. The Morgan fingerprint density at radius 2 is 1.64 bits per heavy atom. The average molecular weight is 463 g/mol. The Labute approximate surface area is 196 Å². The first-order valence-electron chi connectivity index (χ1n) is 11.4. The second-order valence-electron chi connectivity index (χ2n) is 8.76. The number of hydrogen-bond acceptors (Lipinski definition) is 6. The molecule has 0 aliphatic rings. The van der Waals surface area contributed by atoms with Crippen molar-refractivity contribution in [3.8, 4) is 0 Å². The molecule has 4 atom stereocenters. The number of carbonyl (C=O) groups is 4. The SMILES string of the molecule is CC[C@H](C)[C@H](NC(=O)[C@@H](N)CC(C)C)C(=O)N[C@H](CCC(=O)OCc1ccccc1)C(N)=O. The molecule has 0 unspecified atom stereocenters. The van der Waals surface area contributed by atoms with Gasteiger partial charge in [0, 0.05) is 6.42 Å². The van der Waals surface area contributed by atoms with Crippen LogP contribution in [0, 0.1) is 11.8 Å². The standard InChI is InChI=1S/C24H38N4O5/c1-5-16(4)21(28-23(31)18(25)13-15(2)3)24(32)27-19(22(26)30)11-12-20(29)33-14-17-9-7-6-8-10-17/h6-10,15-16,18-19,21H,5,11-14,25H2,1-4H3,(H2,26,30)(H,27,32)(H,28,31)/t16-,18-,19+,21-/m0/s1. The lowest BCUT2D eigenvalue weighted by atomic mass is 9.96. The van der Waals surface area contributed by atoms with Gasteiger partial charge in [0.05, 0.1) is 6.04 Å². The fourth-order valence-electron chi connectivity index (χ4n) is 3.20. The number of esters is 1. The molecule has 0 aliphatic carbocycles. The lowest BCUT2D eigenvalue weighted by Gasteiger charge is -2.27. The largest absolute Gasteiger partial charge is 0.461 e. The van der Waals surface area contributed by atoms with E-state index in [9.17, 15) is 19.2 Å². The molecule has 6 N–H and O–H groups in total. The van der Waals surface area contributed by atoms with Crippen LogP contribution in [0.1, 0.15) is 58.9 Å². The molecule has 0 spiro atoms. The maximum atomic E-state index is 12.9. The molecule has 1 aromatic carbocycles. The van der Waals surface area contributed by atoms with E-state index in [1.165, 1.54) is 0 Å². The van der Waals surface area contributed by atoms with Crippen LogP contribution in [0.2, 0.25) is 0 Å². The third kappa shape index (κ3) is 10.5. The molecule has 0 saturated heterocycles. The van der Waals surface area contributed by atoms with Crippen LogP contribution in [0.3, 0.4) is 0 Å². The summed E-state index contributed by atoms with van der Waals surface area (Å²) in [6, 6.07) is 6.50.